The molecule has 0 saturated heterocycles. The van der Waals surface area contributed by atoms with Crippen molar-refractivity contribution >= 4 is 21.6 Å². The summed E-state index contributed by atoms with van der Waals surface area (Å²) in [7, 11) is -3.63. The van der Waals surface area contributed by atoms with Crippen LogP contribution in [-0.4, -0.2) is 27.5 Å². The number of hydrogen-bond acceptors (Lipinski definition) is 4. The number of ether oxygens (including phenoxy) is 1. The zero-order valence-corrected chi connectivity index (χ0v) is 13.6. The molecular formula is C17H16N2O4S. The zero-order valence-electron chi connectivity index (χ0n) is 12.8. The van der Waals surface area contributed by atoms with E-state index in [2.05, 4.69) is 10.0 Å². The molecule has 1 amide bonds. The standard InChI is InChI=1S/C17H16N2O4S/c20-17-8-11-7-13(5-6-15(11)19-17)24(21,22)18-9-12-10-23-16-4-2-1-3-14(12)16/h1-7,12,18H,8-10H2,(H,19,20). The number of benzene rings is 2. The van der Waals surface area contributed by atoms with Crippen LogP contribution in [0.2, 0.25) is 0 Å². The van der Waals surface area contributed by atoms with Gasteiger partial charge in [-0.05, 0) is 29.8 Å². The molecule has 0 fully saturated rings. The van der Waals surface area contributed by atoms with Gasteiger partial charge in [-0.15, -0.1) is 0 Å². The zero-order chi connectivity index (χ0) is 16.7. The quantitative estimate of drug-likeness (QED) is 0.883. The number of fused-ring (bicyclic) bond motifs is 2. The van der Waals surface area contributed by atoms with Crippen LogP contribution in [-0.2, 0) is 21.2 Å². The van der Waals surface area contributed by atoms with E-state index in [0.29, 0.717) is 17.9 Å². The second kappa shape index (κ2) is 5.61. The predicted octanol–water partition coefficient (Wildman–Crippen LogP) is 1.64. The third-order valence-electron chi connectivity index (χ3n) is 4.33. The molecule has 4 rings (SSSR count). The van der Waals surface area contributed by atoms with E-state index in [-0.39, 0.29) is 29.7 Å². The molecule has 2 aromatic carbocycles. The third-order valence-corrected chi connectivity index (χ3v) is 5.75. The molecule has 124 valence electrons. The van der Waals surface area contributed by atoms with Crippen molar-refractivity contribution in [1.29, 1.82) is 0 Å². The molecule has 6 nitrogen and oxygen atoms in total. The minimum absolute atomic E-state index is 0.00588. The van der Waals surface area contributed by atoms with Crippen molar-refractivity contribution in [3.05, 3.63) is 53.6 Å². The van der Waals surface area contributed by atoms with Crippen LogP contribution in [0.3, 0.4) is 0 Å². The Morgan fingerprint density at radius 2 is 2.04 bits per heavy atom. The number of para-hydroxylation sites is 1. The highest BCUT2D eigenvalue weighted by molar-refractivity contribution is 7.89. The van der Waals surface area contributed by atoms with Gasteiger partial charge in [-0.1, -0.05) is 18.2 Å². The Labute approximate surface area is 139 Å². The number of rotatable bonds is 4. The Kier molecular flexibility index (Phi) is 3.54. The molecule has 7 heteroatoms. The van der Waals surface area contributed by atoms with Crippen molar-refractivity contribution < 1.29 is 17.9 Å². The Hall–Kier alpha value is -2.38. The lowest BCUT2D eigenvalue weighted by Crippen LogP contribution is -2.29. The van der Waals surface area contributed by atoms with Gasteiger partial charge in [-0.25, -0.2) is 13.1 Å². The van der Waals surface area contributed by atoms with Crippen LogP contribution in [0.4, 0.5) is 5.69 Å². The Bertz CT molecular complexity index is 924. The molecular weight excluding hydrogens is 328 g/mol. The SMILES string of the molecule is O=C1Cc2cc(S(=O)(=O)NCC3COc4ccccc43)ccc2N1. The molecule has 1 atom stereocenters. The summed E-state index contributed by atoms with van der Waals surface area (Å²) in [4.78, 5) is 11.6. The molecule has 0 radical (unpaired) electrons. The molecule has 0 aliphatic carbocycles. The summed E-state index contributed by atoms with van der Waals surface area (Å²) < 4.78 is 33.3. The van der Waals surface area contributed by atoms with E-state index < -0.39 is 10.0 Å². The molecule has 0 aromatic heterocycles. The summed E-state index contributed by atoms with van der Waals surface area (Å²) in [6, 6.07) is 12.3. The van der Waals surface area contributed by atoms with Gasteiger partial charge >= 0.3 is 0 Å². The van der Waals surface area contributed by atoms with Gasteiger partial charge in [0.1, 0.15) is 5.75 Å². The van der Waals surface area contributed by atoms with Gasteiger partial charge in [0.05, 0.1) is 17.9 Å². The first-order valence-corrected chi connectivity index (χ1v) is 9.15. The maximum atomic E-state index is 12.5. The smallest absolute Gasteiger partial charge is 0.240 e. The molecule has 0 bridgehead atoms. The number of anilines is 1. The van der Waals surface area contributed by atoms with Gasteiger partial charge in [0.2, 0.25) is 15.9 Å². The van der Waals surface area contributed by atoms with Crippen LogP contribution in [0.5, 0.6) is 5.75 Å². The van der Waals surface area contributed by atoms with Crippen molar-refractivity contribution in [2.75, 3.05) is 18.5 Å². The number of sulfonamides is 1. The van der Waals surface area contributed by atoms with Crippen molar-refractivity contribution in [3.63, 3.8) is 0 Å². The molecule has 2 aliphatic rings. The van der Waals surface area contributed by atoms with E-state index in [9.17, 15) is 13.2 Å². The average Bonchev–Trinajstić information content (AvgIpc) is 3.14. The van der Waals surface area contributed by atoms with Gasteiger partial charge < -0.3 is 10.1 Å². The van der Waals surface area contributed by atoms with E-state index in [0.717, 1.165) is 11.3 Å². The summed E-state index contributed by atoms with van der Waals surface area (Å²) in [6.45, 7) is 0.734. The van der Waals surface area contributed by atoms with Gasteiger partial charge in [0.25, 0.3) is 0 Å². The fourth-order valence-electron chi connectivity index (χ4n) is 3.06. The van der Waals surface area contributed by atoms with Gasteiger partial charge in [0.15, 0.2) is 0 Å². The van der Waals surface area contributed by atoms with Crippen LogP contribution in [0.15, 0.2) is 47.4 Å². The Morgan fingerprint density at radius 3 is 2.92 bits per heavy atom. The monoisotopic (exact) mass is 344 g/mol. The second-order valence-corrected chi connectivity index (χ2v) is 7.71. The summed E-state index contributed by atoms with van der Waals surface area (Å²) in [5, 5.41) is 2.69. The van der Waals surface area contributed by atoms with Crippen LogP contribution in [0, 0.1) is 0 Å². The van der Waals surface area contributed by atoms with Crippen molar-refractivity contribution in [2.45, 2.75) is 17.2 Å². The molecule has 24 heavy (non-hydrogen) atoms. The molecule has 2 N–H and O–H groups in total. The summed E-state index contributed by atoms with van der Waals surface area (Å²) in [6.07, 6.45) is 0.211. The second-order valence-electron chi connectivity index (χ2n) is 5.94. The lowest BCUT2D eigenvalue weighted by Gasteiger charge is -2.12. The van der Waals surface area contributed by atoms with Crippen LogP contribution in [0.1, 0.15) is 17.0 Å². The summed E-state index contributed by atoms with van der Waals surface area (Å²) >= 11 is 0. The normalized spacial score (nSPS) is 18.7. The number of carbonyl (C=O) groups excluding carboxylic acids is 1. The Balaban J connectivity index is 1.51. The minimum Gasteiger partial charge on any atom is -0.493 e. The lowest BCUT2D eigenvalue weighted by molar-refractivity contribution is -0.115. The number of hydrogen-bond donors (Lipinski definition) is 2. The fraction of sp³-hybridized carbons (Fsp3) is 0.235. The molecule has 2 heterocycles. The fourth-order valence-corrected chi connectivity index (χ4v) is 4.20. The predicted molar refractivity (Wildman–Crippen MR) is 88.6 cm³/mol. The minimum atomic E-state index is -3.63. The van der Waals surface area contributed by atoms with Crippen molar-refractivity contribution in [1.82, 2.24) is 4.72 Å². The van der Waals surface area contributed by atoms with Gasteiger partial charge in [-0.3, -0.25) is 4.79 Å². The first kappa shape index (κ1) is 15.2. The number of amides is 1. The maximum Gasteiger partial charge on any atom is 0.240 e. The Morgan fingerprint density at radius 1 is 1.21 bits per heavy atom. The van der Waals surface area contributed by atoms with Gasteiger partial charge in [-0.2, -0.15) is 0 Å². The number of nitrogens with one attached hydrogen (secondary N) is 2. The first-order valence-electron chi connectivity index (χ1n) is 7.67. The van der Waals surface area contributed by atoms with Crippen molar-refractivity contribution in [3.8, 4) is 5.75 Å². The third kappa shape index (κ3) is 2.65. The van der Waals surface area contributed by atoms with Gasteiger partial charge in [0, 0.05) is 23.7 Å². The number of carbonyl (C=O) groups is 1. The summed E-state index contributed by atoms with van der Waals surface area (Å²) in [5.74, 6) is 0.685. The molecule has 1 unspecified atom stereocenters. The van der Waals surface area contributed by atoms with E-state index >= 15 is 0 Å². The van der Waals surface area contributed by atoms with Crippen LogP contribution >= 0.6 is 0 Å². The molecule has 0 saturated carbocycles. The highest BCUT2D eigenvalue weighted by Crippen LogP contribution is 2.33. The van der Waals surface area contributed by atoms with Crippen LogP contribution in [0.25, 0.3) is 0 Å². The van der Waals surface area contributed by atoms with E-state index in [1.807, 2.05) is 24.3 Å². The first-order chi connectivity index (χ1) is 11.5. The highest BCUT2D eigenvalue weighted by atomic mass is 32.2. The molecule has 2 aromatic rings. The van der Waals surface area contributed by atoms with E-state index in [4.69, 9.17) is 4.74 Å². The largest absolute Gasteiger partial charge is 0.493 e. The summed E-state index contributed by atoms with van der Waals surface area (Å²) in [5.41, 5.74) is 2.40. The van der Waals surface area contributed by atoms with E-state index in [1.165, 1.54) is 6.07 Å². The average molecular weight is 344 g/mol. The van der Waals surface area contributed by atoms with Crippen molar-refractivity contribution in [2.24, 2.45) is 0 Å². The lowest BCUT2D eigenvalue weighted by atomic mass is 10.0. The van der Waals surface area contributed by atoms with Crippen LogP contribution < -0.4 is 14.8 Å². The molecule has 0 spiro atoms. The maximum absolute atomic E-state index is 12.5. The highest BCUT2D eigenvalue weighted by Gasteiger charge is 2.26. The van der Waals surface area contributed by atoms with E-state index in [1.54, 1.807) is 12.1 Å². The topological polar surface area (TPSA) is 84.5 Å². The molecule has 2 aliphatic heterocycles.